The number of rotatable bonds is 4. The lowest BCUT2D eigenvalue weighted by atomic mass is 9.95. The minimum atomic E-state index is -3.53. The average Bonchev–Trinajstić information content (AvgIpc) is 3.21. The minimum Gasteiger partial charge on any atom is -0.465 e. The Morgan fingerprint density at radius 1 is 1.23 bits per heavy atom. The van der Waals surface area contributed by atoms with Crippen molar-refractivity contribution in [3.05, 3.63) is 53.0 Å². The molecule has 1 aromatic heterocycles. The molecule has 6 heteroatoms. The average molecular weight is 373 g/mol. The van der Waals surface area contributed by atoms with Crippen molar-refractivity contribution in [2.75, 3.05) is 13.1 Å². The van der Waals surface area contributed by atoms with Crippen LogP contribution in [0.25, 0.3) is 0 Å². The van der Waals surface area contributed by atoms with Crippen LogP contribution in [-0.4, -0.2) is 31.6 Å². The van der Waals surface area contributed by atoms with Gasteiger partial charge in [0.15, 0.2) is 5.78 Å². The van der Waals surface area contributed by atoms with Gasteiger partial charge >= 0.3 is 0 Å². The van der Waals surface area contributed by atoms with Crippen molar-refractivity contribution in [2.24, 2.45) is 5.92 Å². The number of furan rings is 1. The molecular weight excluding hydrogens is 350 g/mol. The number of hydrogen-bond donors (Lipinski definition) is 0. The number of carbonyl (C=O) groups is 1. The van der Waals surface area contributed by atoms with Crippen LogP contribution in [-0.2, 0) is 15.4 Å². The van der Waals surface area contributed by atoms with E-state index < -0.39 is 10.0 Å². The number of ketones is 1. The molecule has 2 aliphatic rings. The van der Waals surface area contributed by atoms with Crippen LogP contribution >= 0.6 is 0 Å². The Morgan fingerprint density at radius 2 is 1.92 bits per heavy atom. The molecule has 1 saturated carbocycles. The first kappa shape index (κ1) is 17.5. The van der Waals surface area contributed by atoms with E-state index in [1.165, 1.54) is 6.92 Å². The number of Topliss-reactive ketones (excluding diaryl/α,β-unsaturated/α-hetero) is 1. The third kappa shape index (κ3) is 2.63. The molecule has 2 fully saturated rings. The van der Waals surface area contributed by atoms with Crippen molar-refractivity contribution in [3.63, 3.8) is 0 Å². The third-order valence-electron chi connectivity index (χ3n) is 5.86. The van der Waals surface area contributed by atoms with Crippen molar-refractivity contribution in [2.45, 2.75) is 43.9 Å². The molecule has 26 heavy (non-hydrogen) atoms. The van der Waals surface area contributed by atoms with Gasteiger partial charge in [0.1, 0.15) is 11.5 Å². The molecule has 2 atom stereocenters. The van der Waals surface area contributed by atoms with Crippen molar-refractivity contribution in [1.29, 1.82) is 0 Å². The molecule has 0 spiro atoms. The molecule has 0 radical (unpaired) electrons. The topological polar surface area (TPSA) is 67.6 Å². The zero-order chi connectivity index (χ0) is 18.7. The van der Waals surface area contributed by atoms with Crippen molar-refractivity contribution in [1.82, 2.24) is 4.31 Å². The van der Waals surface area contributed by atoms with Crippen LogP contribution in [0.15, 0.2) is 39.6 Å². The van der Waals surface area contributed by atoms with Gasteiger partial charge in [0.25, 0.3) is 0 Å². The summed E-state index contributed by atoms with van der Waals surface area (Å²) in [5.41, 5.74) is 1.34. The van der Waals surface area contributed by atoms with E-state index in [1.54, 1.807) is 23.4 Å². The normalized spacial score (nSPS) is 25.7. The molecule has 4 rings (SSSR count). The second-order valence-corrected chi connectivity index (χ2v) is 9.57. The van der Waals surface area contributed by atoms with Crippen LogP contribution in [0, 0.1) is 19.8 Å². The van der Waals surface area contributed by atoms with Crippen LogP contribution in [0.4, 0.5) is 0 Å². The predicted octanol–water partition coefficient (Wildman–Crippen LogP) is 3.45. The second-order valence-electron chi connectivity index (χ2n) is 7.63. The highest BCUT2D eigenvalue weighted by Crippen LogP contribution is 2.59. The molecule has 2 unspecified atom stereocenters. The number of sulfonamides is 1. The molecule has 0 bridgehead atoms. The summed E-state index contributed by atoms with van der Waals surface area (Å²) in [6.07, 6.45) is 1.73. The van der Waals surface area contributed by atoms with Crippen LogP contribution < -0.4 is 0 Å². The lowest BCUT2D eigenvalue weighted by Gasteiger charge is -2.31. The second kappa shape index (κ2) is 5.79. The Hall–Kier alpha value is -1.92. The fourth-order valence-electron chi connectivity index (χ4n) is 4.17. The number of fused-ring (bicyclic) bond motifs is 1. The van der Waals surface area contributed by atoms with Crippen LogP contribution in [0.3, 0.4) is 0 Å². The summed E-state index contributed by atoms with van der Waals surface area (Å²) >= 11 is 0. The summed E-state index contributed by atoms with van der Waals surface area (Å²) in [7, 11) is -3.53. The van der Waals surface area contributed by atoms with Crippen molar-refractivity contribution < 1.29 is 17.6 Å². The van der Waals surface area contributed by atoms with E-state index in [4.69, 9.17) is 4.42 Å². The van der Waals surface area contributed by atoms with Gasteiger partial charge in [-0.05, 0) is 57.7 Å². The highest BCUT2D eigenvalue weighted by Gasteiger charge is 2.61. The van der Waals surface area contributed by atoms with Gasteiger partial charge in [0.05, 0.1) is 10.5 Å². The zero-order valence-electron chi connectivity index (χ0n) is 15.3. The fourth-order valence-corrected chi connectivity index (χ4v) is 5.69. The standard InChI is InChI=1S/C20H23NO4S/c1-13-4-6-17(7-5-13)26(23,24)21-9-8-16-11-20(16,12-21)19-10-18(14(2)22)15(3)25-19/h4-7,10,16H,8-9,11-12H2,1-3H3. The minimum absolute atomic E-state index is 0.0222. The van der Waals surface area contributed by atoms with Gasteiger partial charge in [-0.1, -0.05) is 17.7 Å². The Morgan fingerprint density at radius 3 is 2.54 bits per heavy atom. The zero-order valence-corrected chi connectivity index (χ0v) is 16.1. The number of carbonyl (C=O) groups excluding carboxylic acids is 1. The maximum absolute atomic E-state index is 13.1. The van der Waals surface area contributed by atoms with Gasteiger partial charge in [-0.3, -0.25) is 4.79 Å². The predicted molar refractivity (Wildman–Crippen MR) is 97.8 cm³/mol. The largest absolute Gasteiger partial charge is 0.465 e. The molecule has 1 aliphatic carbocycles. The number of nitrogens with zero attached hydrogens (tertiary/aromatic N) is 1. The summed E-state index contributed by atoms with van der Waals surface area (Å²) in [5.74, 6) is 1.78. The molecule has 5 nitrogen and oxygen atoms in total. The Labute approximate surface area is 154 Å². The van der Waals surface area contributed by atoms with Crippen molar-refractivity contribution in [3.8, 4) is 0 Å². The maximum atomic E-state index is 13.1. The molecular formula is C20H23NO4S. The summed E-state index contributed by atoms with van der Waals surface area (Å²) < 4.78 is 33.6. The summed E-state index contributed by atoms with van der Waals surface area (Å²) in [6.45, 7) is 6.20. The molecule has 1 aliphatic heterocycles. The first-order valence-electron chi connectivity index (χ1n) is 8.93. The lowest BCUT2D eigenvalue weighted by molar-refractivity contribution is 0.101. The first-order valence-corrected chi connectivity index (χ1v) is 10.4. The van der Waals surface area contributed by atoms with E-state index in [1.807, 2.05) is 25.1 Å². The van der Waals surface area contributed by atoms with Gasteiger partial charge in [-0.15, -0.1) is 0 Å². The number of hydrogen-bond acceptors (Lipinski definition) is 4. The highest BCUT2D eigenvalue weighted by molar-refractivity contribution is 7.89. The molecule has 1 saturated heterocycles. The van der Waals surface area contributed by atoms with E-state index >= 15 is 0 Å². The summed E-state index contributed by atoms with van der Waals surface area (Å²) in [4.78, 5) is 12.1. The molecule has 0 N–H and O–H groups in total. The smallest absolute Gasteiger partial charge is 0.243 e. The van der Waals surface area contributed by atoms with Gasteiger partial charge in [-0.25, -0.2) is 8.42 Å². The monoisotopic (exact) mass is 373 g/mol. The lowest BCUT2D eigenvalue weighted by Crippen LogP contribution is -2.42. The van der Waals surface area contributed by atoms with E-state index in [0.29, 0.717) is 35.2 Å². The quantitative estimate of drug-likeness (QED) is 0.770. The van der Waals surface area contributed by atoms with E-state index in [9.17, 15) is 13.2 Å². The number of piperidine rings is 1. The van der Waals surface area contributed by atoms with Crippen LogP contribution in [0.2, 0.25) is 0 Å². The number of aryl methyl sites for hydroxylation is 2. The highest BCUT2D eigenvalue weighted by atomic mass is 32.2. The van der Waals surface area contributed by atoms with E-state index in [0.717, 1.165) is 24.2 Å². The molecule has 2 heterocycles. The first-order chi connectivity index (χ1) is 12.2. The van der Waals surface area contributed by atoms with Crippen LogP contribution in [0.5, 0.6) is 0 Å². The van der Waals surface area contributed by atoms with Gasteiger partial charge < -0.3 is 4.42 Å². The van der Waals surface area contributed by atoms with Crippen molar-refractivity contribution >= 4 is 15.8 Å². The molecule has 2 aromatic rings. The molecule has 138 valence electrons. The third-order valence-corrected chi connectivity index (χ3v) is 7.72. The summed E-state index contributed by atoms with van der Waals surface area (Å²) in [5, 5.41) is 0. The van der Waals surface area contributed by atoms with Gasteiger partial charge in [-0.2, -0.15) is 4.31 Å². The summed E-state index contributed by atoms with van der Waals surface area (Å²) in [6, 6.07) is 8.80. The Balaban J connectivity index is 1.65. The van der Waals surface area contributed by atoms with Gasteiger partial charge in [0, 0.05) is 18.5 Å². The maximum Gasteiger partial charge on any atom is 0.243 e. The van der Waals surface area contributed by atoms with E-state index in [2.05, 4.69) is 0 Å². The van der Waals surface area contributed by atoms with Crippen LogP contribution in [0.1, 0.15) is 47.2 Å². The van der Waals surface area contributed by atoms with Gasteiger partial charge in [0.2, 0.25) is 10.0 Å². The SMILES string of the molecule is CC(=O)c1cc(C23CC2CCN(S(=O)(=O)c2ccc(C)cc2)C3)oc1C. The Bertz CT molecular complexity index is 974. The molecule has 0 amide bonds. The molecule has 1 aromatic carbocycles. The Kier molecular flexibility index (Phi) is 3.90. The number of benzene rings is 1. The van der Waals surface area contributed by atoms with E-state index in [-0.39, 0.29) is 11.2 Å². The fraction of sp³-hybridized carbons (Fsp3) is 0.450.